The Morgan fingerprint density at radius 2 is 2.18 bits per heavy atom. The van der Waals surface area contributed by atoms with Crippen molar-refractivity contribution < 1.29 is 19.1 Å². The maximum absolute atomic E-state index is 12.1. The van der Waals surface area contributed by atoms with Gasteiger partial charge in [0.15, 0.2) is 6.10 Å². The fourth-order valence-corrected chi connectivity index (χ4v) is 2.29. The molecule has 1 aliphatic heterocycles. The Balaban J connectivity index is 1.83. The second-order valence-electron chi connectivity index (χ2n) is 5.16. The normalized spacial score (nSPS) is 16.9. The molecule has 0 aromatic heterocycles. The second kappa shape index (κ2) is 7.35. The predicted octanol–water partition coefficient (Wildman–Crippen LogP) is 2.06. The van der Waals surface area contributed by atoms with Crippen molar-refractivity contribution in [3.63, 3.8) is 0 Å². The highest BCUT2D eigenvalue weighted by Crippen LogP contribution is 2.24. The van der Waals surface area contributed by atoms with Crippen molar-refractivity contribution in [1.82, 2.24) is 10.2 Å². The van der Waals surface area contributed by atoms with Crippen LogP contribution in [0.2, 0.25) is 5.02 Å². The third-order valence-electron chi connectivity index (χ3n) is 3.24. The molecule has 2 atom stereocenters. The molecule has 0 spiro atoms. The highest BCUT2D eigenvalue weighted by molar-refractivity contribution is 6.32. The van der Waals surface area contributed by atoms with E-state index < -0.39 is 6.10 Å². The molecule has 1 saturated heterocycles. The summed E-state index contributed by atoms with van der Waals surface area (Å²) in [5, 5.41) is 3.26. The number of rotatable bonds is 6. The third kappa shape index (κ3) is 4.27. The number of ether oxygens (including phenoxy) is 2. The van der Waals surface area contributed by atoms with Gasteiger partial charge in [-0.15, -0.1) is 0 Å². The van der Waals surface area contributed by atoms with E-state index in [1.54, 1.807) is 36.1 Å². The number of benzene rings is 1. The first-order valence-electron chi connectivity index (χ1n) is 7.10. The van der Waals surface area contributed by atoms with Crippen LogP contribution in [0.4, 0.5) is 4.79 Å². The molecular formula is C15H19ClN2O4. The first-order valence-corrected chi connectivity index (χ1v) is 7.48. The summed E-state index contributed by atoms with van der Waals surface area (Å²) in [6, 6.07) is 6.78. The quantitative estimate of drug-likeness (QED) is 0.869. The van der Waals surface area contributed by atoms with Gasteiger partial charge < -0.3 is 19.7 Å². The Labute approximate surface area is 134 Å². The van der Waals surface area contributed by atoms with Gasteiger partial charge in [0.1, 0.15) is 12.4 Å². The van der Waals surface area contributed by atoms with Gasteiger partial charge in [-0.25, -0.2) is 4.79 Å². The van der Waals surface area contributed by atoms with Crippen LogP contribution in [0.5, 0.6) is 5.75 Å². The summed E-state index contributed by atoms with van der Waals surface area (Å²) in [6.45, 7) is 4.82. The number of nitrogens with one attached hydrogen (secondary N) is 1. The van der Waals surface area contributed by atoms with Crippen LogP contribution in [0.3, 0.4) is 0 Å². The topological polar surface area (TPSA) is 67.9 Å². The van der Waals surface area contributed by atoms with E-state index in [-0.39, 0.29) is 18.0 Å². The zero-order valence-corrected chi connectivity index (χ0v) is 13.3. The summed E-state index contributed by atoms with van der Waals surface area (Å²) < 4.78 is 10.4. The zero-order chi connectivity index (χ0) is 16.1. The minimum Gasteiger partial charge on any atom is -0.479 e. The lowest BCUT2D eigenvalue weighted by atomic mass is 10.2. The largest absolute Gasteiger partial charge is 0.479 e. The predicted molar refractivity (Wildman–Crippen MR) is 82.1 cm³/mol. The minimum absolute atomic E-state index is 0.199. The molecule has 1 aromatic carbocycles. The molecule has 1 fully saturated rings. The number of nitrogens with zero attached hydrogens (tertiary/aromatic N) is 1. The third-order valence-corrected chi connectivity index (χ3v) is 3.55. The van der Waals surface area contributed by atoms with E-state index in [1.165, 1.54) is 0 Å². The van der Waals surface area contributed by atoms with Gasteiger partial charge >= 0.3 is 6.09 Å². The lowest BCUT2D eigenvalue weighted by molar-refractivity contribution is -0.127. The van der Waals surface area contributed by atoms with E-state index in [2.05, 4.69) is 5.32 Å². The van der Waals surface area contributed by atoms with E-state index >= 15 is 0 Å². The van der Waals surface area contributed by atoms with Crippen LogP contribution < -0.4 is 10.1 Å². The molecule has 2 rings (SSSR count). The standard InChI is InChI=1S/C15H19ClN2O4/c1-10(9-18-7-8-21-15(18)20)17-14(19)11(2)22-13-6-4-3-5-12(13)16/h3-6,10-11H,7-9H2,1-2H3,(H,17,19)/t10-,11-/m0/s1. The number of carbonyl (C=O) groups is 2. The van der Waals surface area contributed by atoms with Crippen LogP contribution in [0.25, 0.3) is 0 Å². The number of halogens is 1. The van der Waals surface area contributed by atoms with Gasteiger partial charge in [-0.1, -0.05) is 23.7 Å². The van der Waals surface area contributed by atoms with Crippen molar-refractivity contribution >= 4 is 23.6 Å². The Morgan fingerprint density at radius 1 is 1.45 bits per heavy atom. The molecule has 1 aliphatic rings. The van der Waals surface area contributed by atoms with Gasteiger partial charge in [0.2, 0.25) is 0 Å². The number of para-hydroxylation sites is 1. The first kappa shape index (κ1) is 16.4. The van der Waals surface area contributed by atoms with Crippen LogP contribution in [0.15, 0.2) is 24.3 Å². The van der Waals surface area contributed by atoms with Crippen molar-refractivity contribution in [2.75, 3.05) is 19.7 Å². The zero-order valence-electron chi connectivity index (χ0n) is 12.5. The number of amides is 2. The number of hydrogen-bond acceptors (Lipinski definition) is 4. The van der Waals surface area contributed by atoms with E-state index in [0.29, 0.717) is 30.5 Å². The monoisotopic (exact) mass is 326 g/mol. The lowest BCUT2D eigenvalue weighted by Gasteiger charge is -2.22. The molecule has 0 bridgehead atoms. The maximum Gasteiger partial charge on any atom is 0.410 e. The van der Waals surface area contributed by atoms with Gasteiger partial charge in [-0.3, -0.25) is 4.79 Å². The van der Waals surface area contributed by atoms with Gasteiger partial charge in [-0.2, -0.15) is 0 Å². The van der Waals surface area contributed by atoms with Crippen LogP contribution in [-0.2, 0) is 9.53 Å². The van der Waals surface area contributed by atoms with Crippen molar-refractivity contribution in [2.24, 2.45) is 0 Å². The molecule has 7 heteroatoms. The smallest absolute Gasteiger partial charge is 0.410 e. The summed E-state index contributed by atoms with van der Waals surface area (Å²) in [4.78, 5) is 25.0. The minimum atomic E-state index is -0.687. The fraction of sp³-hybridized carbons (Fsp3) is 0.467. The molecule has 1 N–H and O–H groups in total. The lowest BCUT2D eigenvalue weighted by Crippen LogP contribution is -2.46. The average molecular weight is 327 g/mol. The molecular weight excluding hydrogens is 308 g/mol. The van der Waals surface area contributed by atoms with Crippen molar-refractivity contribution in [2.45, 2.75) is 26.0 Å². The van der Waals surface area contributed by atoms with Crippen molar-refractivity contribution in [1.29, 1.82) is 0 Å². The molecule has 0 unspecified atom stereocenters. The van der Waals surface area contributed by atoms with Crippen LogP contribution in [0.1, 0.15) is 13.8 Å². The molecule has 0 radical (unpaired) electrons. The first-order chi connectivity index (χ1) is 10.5. The Bertz CT molecular complexity index is 552. The molecule has 6 nitrogen and oxygen atoms in total. The molecule has 0 saturated carbocycles. The van der Waals surface area contributed by atoms with Gasteiger partial charge in [0, 0.05) is 12.6 Å². The van der Waals surface area contributed by atoms with Crippen LogP contribution in [-0.4, -0.2) is 48.7 Å². The number of carbonyl (C=O) groups excluding carboxylic acids is 2. The van der Waals surface area contributed by atoms with Crippen molar-refractivity contribution in [3.8, 4) is 5.75 Å². The highest BCUT2D eigenvalue weighted by Gasteiger charge is 2.25. The summed E-state index contributed by atoms with van der Waals surface area (Å²) in [5.74, 6) is 0.197. The number of cyclic esters (lactones) is 1. The fourth-order valence-electron chi connectivity index (χ4n) is 2.11. The summed E-state index contributed by atoms with van der Waals surface area (Å²) in [5.41, 5.74) is 0. The molecule has 1 aromatic rings. The van der Waals surface area contributed by atoms with E-state index in [9.17, 15) is 9.59 Å². The van der Waals surface area contributed by atoms with Gasteiger partial charge in [0.05, 0.1) is 11.6 Å². The van der Waals surface area contributed by atoms with Crippen LogP contribution in [0, 0.1) is 0 Å². The second-order valence-corrected chi connectivity index (χ2v) is 5.57. The molecule has 2 amide bonds. The highest BCUT2D eigenvalue weighted by atomic mass is 35.5. The maximum atomic E-state index is 12.1. The van der Waals surface area contributed by atoms with Gasteiger partial charge in [0.25, 0.3) is 5.91 Å². The van der Waals surface area contributed by atoms with Crippen LogP contribution >= 0.6 is 11.6 Å². The molecule has 22 heavy (non-hydrogen) atoms. The molecule has 120 valence electrons. The van der Waals surface area contributed by atoms with E-state index in [0.717, 1.165) is 0 Å². The number of hydrogen-bond donors (Lipinski definition) is 1. The summed E-state index contributed by atoms with van der Waals surface area (Å²) in [7, 11) is 0. The Morgan fingerprint density at radius 3 is 2.82 bits per heavy atom. The summed E-state index contributed by atoms with van der Waals surface area (Å²) in [6.07, 6.45) is -1.03. The van der Waals surface area contributed by atoms with E-state index in [4.69, 9.17) is 21.1 Å². The van der Waals surface area contributed by atoms with Gasteiger partial charge in [-0.05, 0) is 26.0 Å². The summed E-state index contributed by atoms with van der Waals surface area (Å²) >= 11 is 5.99. The molecule has 1 heterocycles. The molecule has 0 aliphatic carbocycles. The SMILES string of the molecule is C[C@H](Oc1ccccc1Cl)C(=O)N[C@@H](C)CN1CCOC1=O. The average Bonchev–Trinajstić information content (AvgIpc) is 2.86. The van der Waals surface area contributed by atoms with Crippen molar-refractivity contribution in [3.05, 3.63) is 29.3 Å². The Hall–Kier alpha value is -1.95. The Kier molecular flexibility index (Phi) is 5.49. The van der Waals surface area contributed by atoms with E-state index in [1.807, 2.05) is 6.92 Å².